The maximum atomic E-state index is 12.8. The molecule has 0 saturated heterocycles. The first-order valence-corrected chi connectivity index (χ1v) is 3.21. The summed E-state index contributed by atoms with van der Waals surface area (Å²) in [4.78, 5) is 0. The van der Waals surface area contributed by atoms with Gasteiger partial charge in [-0.1, -0.05) is 12.1 Å². The van der Waals surface area contributed by atoms with E-state index in [-0.39, 0.29) is 11.1 Å². The van der Waals surface area contributed by atoms with Crippen molar-refractivity contribution in [3.8, 4) is 6.07 Å². The van der Waals surface area contributed by atoms with Crippen LogP contribution >= 0.6 is 0 Å². The van der Waals surface area contributed by atoms with Gasteiger partial charge in [-0.25, -0.2) is 4.39 Å². The summed E-state index contributed by atoms with van der Waals surface area (Å²) in [6, 6.07) is 5.23. The molecule has 12 heavy (non-hydrogen) atoms. The minimum Gasteiger partial charge on any atom is -0.364 e. The number of rotatable bonds is 1. The van der Waals surface area contributed by atoms with Crippen molar-refractivity contribution in [3.05, 3.63) is 35.1 Å². The molecule has 0 radical (unpaired) electrons. The van der Waals surface area contributed by atoms with Crippen molar-refractivity contribution in [2.24, 2.45) is 0 Å². The summed E-state index contributed by atoms with van der Waals surface area (Å²) < 4.78 is 12.8. The van der Waals surface area contributed by atoms with E-state index in [9.17, 15) is 4.39 Å². The van der Waals surface area contributed by atoms with Crippen molar-refractivity contribution >= 4 is 0 Å². The third-order valence-corrected chi connectivity index (χ3v) is 1.44. The highest BCUT2D eigenvalue weighted by atomic mass is 19.1. The van der Waals surface area contributed by atoms with E-state index in [1.54, 1.807) is 6.07 Å². The molecule has 3 nitrogen and oxygen atoms in total. The fraction of sp³-hybridized carbons (Fsp3) is 0.125. The van der Waals surface area contributed by atoms with E-state index in [1.165, 1.54) is 12.1 Å². The molecule has 1 aromatic rings. The van der Waals surface area contributed by atoms with Gasteiger partial charge < -0.3 is 10.2 Å². The van der Waals surface area contributed by atoms with Crippen molar-refractivity contribution in [2.45, 2.75) is 6.29 Å². The highest BCUT2D eigenvalue weighted by molar-refractivity contribution is 5.39. The molecule has 62 valence electrons. The molecular weight excluding hydrogens is 161 g/mol. The Morgan fingerprint density at radius 3 is 2.50 bits per heavy atom. The predicted octanol–water partition coefficient (Wildman–Crippen LogP) is 0.681. The standard InChI is InChI=1S/C8H6FNO2/c9-7-3-1-2-5(8(11)12)6(7)4-10/h1-3,8,11-12H. The Labute approximate surface area is 68.3 Å². The van der Waals surface area contributed by atoms with Crippen LogP contribution in [0, 0.1) is 17.1 Å². The van der Waals surface area contributed by atoms with Crippen LogP contribution in [-0.4, -0.2) is 10.2 Å². The number of benzene rings is 1. The molecule has 1 aromatic carbocycles. The largest absolute Gasteiger partial charge is 0.364 e. The Morgan fingerprint density at radius 1 is 1.42 bits per heavy atom. The van der Waals surface area contributed by atoms with Crippen molar-refractivity contribution in [2.75, 3.05) is 0 Å². The smallest absolute Gasteiger partial charge is 0.179 e. The van der Waals surface area contributed by atoms with E-state index in [0.29, 0.717) is 0 Å². The van der Waals surface area contributed by atoms with E-state index in [0.717, 1.165) is 6.07 Å². The molecule has 0 aromatic heterocycles. The van der Waals surface area contributed by atoms with Gasteiger partial charge in [-0.3, -0.25) is 0 Å². The van der Waals surface area contributed by atoms with Gasteiger partial charge in [0, 0.05) is 5.56 Å². The minimum absolute atomic E-state index is 0.113. The number of hydrogen-bond acceptors (Lipinski definition) is 3. The summed E-state index contributed by atoms with van der Waals surface area (Å²) in [5.41, 5.74) is -0.440. The second kappa shape index (κ2) is 3.30. The van der Waals surface area contributed by atoms with Crippen LogP contribution < -0.4 is 0 Å². The van der Waals surface area contributed by atoms with E-state index < -0.39 is 12.1 Å². The molecule has 1 rings (SSSR count). The van der Waals surface area contributed by atoms with Crippen LogP contribution in [0.1, 0.15) is 17.4 Å². The lowest BCUT2D eigenvalue weighted by atomic mass is 10.1. The number of nitriles is 1. The van der Waals surface area contributed by atoms with Gasteiger partial charge in [-0.2, -0.15) is 5.26 Å². The quantitative estimate of drug-likeness (QED) is 0.604. The lowest BCUT2D eigenvalue weighted by Gasteiger charge is -2.05. The average Bonchev–Trinajstić information content (AvgIpc) is 2.03. The Kier molecular flexibility index (Phi) is 2.38. The second-order valence-corrected chi connectivity index (χ2v) is 2.19. The van der Waals surface area contributed by atoms with E-state index in [4.69, 9.17) is 15.5 Å². The van der Waals surface area contributed by atoms with E-state index >= 15 is 0 Å². The molecule has 0 saturated carbocycles. The monoisotopic (exact) mass is 167 g/mol. The van der Waals surface area contributed by atoms with Crippen molar-refractivity contribution in [1.82, 2.24) is 0 Å². The van der Waals surface area contributed by atoms with Crippen molar-refractivity contribution < 1.29 is 14.6 Å². The van der Waals surface area contributed by atoms with E-state index in [1.807, 2.05) is 0 Å². The number of aliphatic hydroxyl groups excluding tert-OH is 1. The first-order chi connectivity index (χ1) is 5.66. The number of aliphatic hydroxyl groups is 2. The van der Waals surface area contributed by atoms with E-state index in [2.05, 4.69) is 0 Å². The van der Waals surface area contributed by atoms with Crippen LogP contribution in [0.3, 0.4) is 0 Å². The molecule has 0 heterocycles. The number of halogens is 1. The zero-order valence-electron chi connectivity index (χ0n) is 6.03. The second-order valence-electron chi connectivity index (χ2n) is 2.19. The summed E-state index contributed by atoms with van der Waals surface area (Å²) in [5, 5.41) is 25.8. The van der Waals surface area contributed by atoms with Gasteiger partial charge in [0.2, 0.25) is 0 Å². The Bertz CT molecular complexity index is 330. The SMILES string of the molecule is N#Cc1c(F)cccc1C(O)O. The molecule has 0 spiro atoms. The summed E-state index contributed by atoms with van der Waals surface area (Å²) in [7, 11) is 0. The molecule has 0 bridgehead atoms. The van der Waals surface area contributed by atoms with Gasteiger partial charge in [0.05, 0.1) is 5.56 Å². The molecular formula is C8H6FNO2. The van der Waals surface area contributed by atoms with Gasteiger partial charge in [-0.05, 0) is 6.07 Å². The molecule has 0 fully saturated rings. The lowest BCUT2D eigenvalue weighted by molar-refractivity contribution is -0.0428. The topological polar surface area (TPSA) is 64.2 Å². The summed E-state index contributed by atoms with van der Waals surface area (Å²) >= 11 is 0. The zero-order valence-corrected chi connectivity index (χ0v) is 6.03. The summed E-state index contributed by atoms with van der Waals surface area (Å²) in [5.74, 6) is -0.747. The first-order valence-electron chi connectivity index (χ1n) is 3.21. The van der Waals surface area contributed by atoms with Gasteiger partial charge in [-0.15, -0.1) is 0 Å². The Morgan fingerprint density at radius 2 is 2.08 bits per heavy atom. The maximum Gasteiger partial charge on any atom is 0.179 e. The molecule has 0 aliphatic heterocycles. The van der Waals surface area contributed by atoms with Crippen LogP contribution in [0.4, 0.5) is 4.39 Å². The highest BCUT2D eigenvalue weighted by Crippen LogP contribution is 2.17. The molecule has 2 N–H and O–H groups in total. The van der Waals surface area contributed by atoms with Crippen LogP contribution in [0.2, 0.25) is 0 Å². The molecule has 0 atom stereocenters. The molecule has 0 aliphatic carbocycles. The molecule has 0 aliphatic rings. The van der Waals surface area contributed by atoms with Crippen molar-refractivity contribution in [1.29, 1.82) is 5.26 Å². The molecule has 0 unspecified atom stereocenters. The number of hydrogen-bond donors (Lipinski definition) is 2. The fourth-order valence-electron chi connectivity index (χ4n) is 0.874. The summed E-state index contributed by atoms with van der Waals surface area (Å²) in [6.45, 7) is 0. The van der Waals surface area contributed by atoms with Gasteiger partial charge in [0.25, 0.3) is 0 Å². The lowest BCUT2D eigenvalue weighted by Crippen LogP contribution is -2.00. The van der Waals surface area contributed by atoms with Gasteiger partial charge in [0.1, 0.15) is 11.9 Å². The Balaban J connectivity index is 3.30. The van der Waals surface area contributed by atoms with Crippen LogP contribution in [0.25, 0.3) is 0 Å². The average molecular weight is 167 g/mol. The first kappa shape index (κ1) is 8.65. The normalized spacial score (nSPS) is 9.92. The number of nitrogens with zero attached hydrogens (tertiary/aromatic N) is 1. The summed E-state index contributed by atoms with van der Waals surface area (Å²) in [6.07, 6.45) is -1.81. The van der Waals surface area contributed by atoms with Crippen LogP contribution in [0.15, 0.2) is 18.2 Å². The third-order valence-electron chi connectivity index (χ3n) is 1.44. The highest BCUT2D eigenvalue weighted by Gasteiger charge is 2.12. The fourth-order valence-corrected chi connectivity index (χ4v) is 0.874. The van der Waals surface area contributed by atoms with Gasteiger partial charge >= 0.3 is 0 Å². The zero-order chi connectivity index (χ0) is 9.14. The molecule has 4 heteroatoms. The van der Waals surface area contributed by atoms with Gasteiger partial charge in [0.15, 0.2) is 6.29 Å². The minimum atomic E-state index is -1.81. The Hall–Kier alpha value is -1.44. The van der Waals surface area contributed by atoms with Crippen molar-refractivity contribution in [3.63, 3.8) is 0 Å². The predicted molar refractivity (Wildman–Crippen MR) is 38.3 cm³/mol. The van der Waals surface area contributed by atoms with Crippen LogP contribution in [-0.2, 0) is 0 Å². The maximum absolute atomic E-state index is 12.8. The molecule has 0 amide bonds. The third kappa shape index (κ3) is 1.42. The van der Waals surface area contributed by atoms with Crippen LogP contribution in [0.5, 0.6) is 0 Å².